The highest BCUT2D eigenvalue weighted by molar-refractivity contribution is 5.72. The molecule has 8 heteroatoms. The molecule has 5 rings (SSSR count). The maximum atomic E-state index is 13.2. The van der Waals surface area contributed by atoms with Crippen LogP contribution in [0.4, 0.5) is 10.6 Å². The van der Waals surface area contributed by atoms with Crippen molar-refractivity contribution in [3.63, 3.8) is 0 Å². The van der Waals surface area contributed by atoms with Crippen LogP contribution >= 0.6 is 0 Å². The number of carbonyl (C=O) groups is 1. The number of hydrogen-bond donors (Lipinski definition) is 0. The summed E-state index contributed by atoms with van der Waals surface area (Å²) in [4.78, 5) is 22.3. The highest BCUT2D eigenvalue weighted by atomic mass is 16.6. The minimum absolute atomic E-state index is 0.0759. The summed E-state index contributed by atoms with van der Waals surface area (Å²) in [5.74, 6) is 2.60. The number of benzene rings is 1. The molecule has 1 saturated heterocycles. The SMILES string of the molecule is COc1ccc(OC(=O)N2CCN(c3nc(C4CC4)c4c(c3C#N)CC(C)(C)OC4)CC2C(C)C)cc1. The number of nitrogens with zero attached hydrogens (tertiary/aromatic N) is 4. The van der Waals surface area contributed by atoms with Gasteiger partial charge in [-0.15, -0.1) is 0 Å². The first-order valence-corrected chi connectivity index (χ1v) is 13.2. The van der Waals surface area contributed by atoms with Crippen LogP contribution in [0.15, 0.2) is 24.3 Å². The lowest BCUT2D eigenvalue weighted by atomic mass is 9.87. The van der Waals surface area contributed by atoms with Gasteiger partial charge in [0.05, 0.1) is 36.6 Å². The summed E-state index contributed by atoms with van der Waals surface area (Å²) < 4.78 is 17.0. The Labute approximate surface area is 219 Å². The molecule has 0 spiro atoms. The molecule has 1 atom stereocenters. The highest BCUT2D eigenvalue weighted by Crippen LogP contribution is 2.46. The average molecular weight is 505 g/mol. The van der Waals surface area contributed by atoms with Gasteiger partial charge >= 0.3 is 6.09 Å². The Morgan fingerprint density at radius 3 is 2.49 bits per heavy atom. The monoisotopic (exact) mass is 504 g/mol. The minimum Gasteiger partial charge on any atom is -0.497 e. The molecule has 2 fully saturated rings. The summed E-state index contributed by atoms with van der Waals surface area (Å²) in [6.45, 7) is 10.6. The molecular formula is C29H36N4O4. The predicted molar refractivity (Wildman–Crippen MR) is 140 cm³/mol. The minimum atomic E-state index is -0.361. The number of anilines is 1. The molecule has 196 valence electrons. The van der Waals surface area contributed by atoms with Crippen LogP contribution in [0.1, 0.15) is 68.8 Å². The molecule has 8 nitrogen and oxygen atoms in total. The van der Waals surface area contributed by atoms with Crippen LogP contribution in [0.2, 0.25) is 0 Å². The van der Waals surface area contributed by atoms with Crippen molar-refractivity contribution in [1.29, 1.82) is 5.26 Å². The number of fused-ring (bicyclic) bond motifs is 1. The molecule has 1 aromatic carbocycles. The normalized spacial score (nSPS) is 20.8. The average Bonchev–Trinajstić information content (AvgIpc) is 3.72. The van der Waals surface area contributed by atoms with Crippen LogP contribution in [0, 0.1) is 17.2 Å². The van der Waals surface area contributed by atoms with Gasteiger partial charge < -0.3 is 24.0 Å². The molecular weight excluding hydrogens is 468 g/mol. The molecule has 0 N–H and O–H groups in total. The first kappa shape index (κ1) is 25.3. The third kappa shape index (κ3) is 5.10. The zero-order valence-electron chi connectivity index (χ0n) is 22.4. The number of nitriles is 1. The number of amides is 1. The maximum Gasteiger partial charge on any atom is 0.415 e. The van der Waals surface area contributed by atoms with Crippen molar-refractivity contribution in [1.82, 2.24) is 9.88 Å². The van der Waals surface area contributed by atoms with Crippen LogP contribution in [-0.4, -0.2) is 54.4 Å². The number of hydrogen-bond acceptors (Lipinski definition) is 7. The molecule has 37 heavy (non-hydrogen) atoms. The van der Waals surface area contributed by atoms with E-state index in [0.717, 1.165) is 35.5 Å². The molecule has 1 aromatic heterocycles. The van der Waals surface area contributed by atoms with Gasteiger partial charge in [0.15, 0.2) is 0 Å². The lowest BCUT2D eigenvalue weighted by molar-refractivity contribution is -0.0407. The summed E-state index contributed by atoms with van der Waals surface area (Å²) in [6, 6.07) is 9.43. The Bertz CT molecular complexity index is 1210. The Kier molecular flexibility index (Phi) is 6.76. The van der Waals surface area contributed by atoms with Crippen molar-refractivity contribution in [2.45, 2.75) is 71.1 Å². The van der Waals surface area contributed by atoms with Gasteiger partial charge in [-0.2, -0.15) is 5.26 Å². The zero-order valence-corrected chi connectivity index (χ0v) is 22.4. The summed E-state index contributed by atoms with van der Waals surface area (Å²) in [7, 11) is 1.60. The molecule has 0 bridgehead atoms. The summed E-state index contributed by atoms with van der Waals surface area (Å²) >= 11 is 0. The van der Waals surface area contributed by atoms with Gasteiger partial charge in [0, 0.05) is 37.5 Å². The van der Waals surface area contributed by atoms with E-state index in [-0.39, 0.29) is 23.7 Å². The van der Waals surface area contributed by atoms with Crippen molar-refractivity contribution < 1.29 is 19.0 Å². The fourth-order valence-corrected chi connectivity index (χ4v) is 5.42. The Balaban J connectivity index is 1.42. The van der Waals surface area contributed by atoms with Crippen LogP contribution in [0.3, 0.4) is 0 Å². The third-order valence-corrected chi connectivity index (χ3v) is 7.70. The molecule has 0 radical (unpaired) electrons. The van der Waals surface area contributed by atoms with Crippen molar-refractivity contribution in [3.05, 3.63) is 46.6 Å². The van der Waals surface area contributed by atoms with E-state index in [1.165, 1.54) is 0 Å². The van der Waals surface area contributed by atoms with Crippen molar-refractivity contribution in [3.8, 4) is 17.6 Å². The predicted octanol–water partition coefficient (Wildman–Crippen LogP) is 5.04. The standard InChI is InChI=1S/C29H36N4O4/c1-18(2)25-16-32(12-13-33(25)28(34)37-21-10-8-20(35-5)9-11-21)27-23(15-30)22-14-29(3,4)36-17-24(22)26(31-27)19-6-7-19/h8-11,18-19,25H,6-7,12-14,16-17H2,1-5H3. The van der Waals surface area contributed by atoms with E-state index in [4.69, 9.17) is 19.2 Å². The quantitative estimate of drug-likeness (QED) is 0.564. The third-order valence-electron chi connectivity index (χ3n) is 7.70. The van der Waals surface area contributed by atoms with E-state index in [1.54, 1.807) is 31.4 Å². The molecule has 2 aromatic rings. The molecule has 3 heterocycles. The summed E-state index contributed by atoms with van der Waals surface area (Å²) in [5, 5.41) is 10.3. The number of piperazine rings is 1. The number of carbonyl (C=O) groups excluding carboxylic acids is 1. The van der Waals surface area contributed by atoms with E-state index in [9.17, 15) is 10.1 Å². The Hall–Kier alpha value is -3.31. The molecule has 3 aliphatic rings. The molecule has 1 unspecified atom stereocenters. The lowest BCUT2D eigenvalue weighted by Gasteiger charge is -2.44. The van der Waals surface area contributed by atoms with Crippen molar-refractivity contribution in [2.75, 3.05) is 31.6 Å². The number of aromatic nitrogens is 1. The second kappa shape index (κ2) is 9.86. The van der Waals surface area contributed by atoms with Gasteiger partial charge in [-0.25, -0.2) is 9.78 Å². The number of ether oxygens (including phenoxy) is 3. The van der Waals surface area contributed by atoms with Gasteiger partial charge in [0.25, 0.3) is 0 Å². The van der Waals surface area contributed by atoms with Gasteiger partial charge in [-0.3, -0.25) is 0 Å². The van der Waals surface area contributed by atoms with Gasteiger partial charge in [0.2, 0.25) is 0 Å². The van der Waals surface area contributed by atoms with Gasteiger partial charge in [0.1, 0.15) is 23.4 Å². The zero-order chi connectivity index (χ0) is 26.3. The number of pyridine rings is 1. The summed E-state index contributed by atoms with van der Waals surface area (Å²) in [6.07, 6.45) is 2.60. The Morgan fingerprint density at radius 2 is 1.86 bits per heavy atom. The van der Waals surface area contributed by atoms with E-state index in [0.29, 0.717) is 55.6 Å². The van der Waals surface area contributed by atoms with E-state index in [2.05, 4.69) is 38.7 Å². The summed E-state index contributed by atoms with van der Waals surface area (Å²) in [5.41, 5.74) is 3.65. The van der Waals surface area contributed by atoms with Gasteiger partial charge in [-0.05, 0) is 62.4 Å². The lowest BCUT2D eigenvalue weighted by Crippen LogP contribution is -2.58. The van der Waals surface area contributed by atoms with E-state index in [1.807, 2.05) is 4.90 Å². The van der Waals surface area contributed by atoms with Crippen molar-refractivity contribution in [2.24, 2.45) is 5.92 Å². The topological polar surface area (TPSA) is 87.9 Å². The molecule has 2 aliphatic heterocycles. The van der Waals surface area contributed by atoms with E-state index < -0.39 is 0 Å². The van der Waals surface area contributed by atoms with Gasteiger partial charge in [-0.1, -0.05) is 13.8 Å². The first-order valence-electron chi connectivity index (χ1n) is 13.2. The van der Waals surface area contributed by atoms with Crippen LogP contribution < -0.4 is 14.4 Å². The number of rotatable bonds is 5. The van der Waals surface area contributed by atoms with E-state index >= 15 is 0 Å². The molecule has 1 saturated carbocycles. The molecule has 1 aliphatic carbocycles. The largest absolute Gasteiger partial charge is 0.497 e. The second-order valence-electron chi connectivity index (χ2n) is 11.3. The second-order valence-corrected chi connectivity index (χ2v) is 11.3. The fraction of sp³-hybridized carbons (Fsp3) is 0.552. The maximum absolute atomic E-state index is 13.2. The highest BCUT2D eigenvalue weighted by Gasteiger charge is 2.39. The molecule has 1 amide bonds. The first-order chi connectivity index (χ1) is 17.7. The van der Waals surface area contributed by atoms with Crippen molar-refractivity contribution >= 4 is 11.9 Å². The smallest absolute Gasteiger partial charge is 0.415 e. The Morgan fingerprint density at radius 1 is 1.16 bits per heavy atom. The number of methoxy groups -OCH3 is 1. The fourth-order valence-electron chi connectivity index (χ4n) is 5.42. The van der Waals surface area contributed by atoms with Crippen LogP contribution in [0.25, 0.3) is 0 Å². The van der Waals surface area contributed by atoms with Crippen LogP contribution in [0.5, 0.6) is 11.5 Å². The van der Waals surface area contributed by atoms with Crippen LogP contribution in [-0.2, 0) is 17.8 Å².